The van der Waals surface area contributed by atoms with Gasteiger partial charge in [-0.25, -0.2) is 0 Å². The number of benzene rings is 1. The number of carbonyl (C=O) groups is 1. The molecule has 2 aromatic rings. The molecular weight excluding hydrogens is 320 g/mol. The van der Waals surface area contributed by atoms with Gasteiger partial charge in [0.2, 0.25) is 5.78 Å². The standard InChI is InChI=1S/C19H18N2O4/c22-16-2-1-14-18(23)17(11-13-3-5-20-6-4-13)25-19(14)15(16)12-21-7-9-24-10-8-21/h1-6,11,22H,7-10,12H2/p+1/b17-11-. The summed E-state index contributed by atoms with van der Waals surface area (Å²) in [7, 11) is 0. The summed E-state index contributed by atoms with van der Waals surface area (Å²) in [5, 5.41) is 10.3. The number of carbonyl (C=O) groups excluding carboxylic acids is 1. The van der Waals surface area contributed by atoms with Crippen LogP contribution < -0.4 is 9.64 Å². The molecule has 0 amide bonds. The number of ketones is 1. The van der Waals surface area contributed by atoms with Crippen LogP contribution in [0.15, 0.2) is 42.4 Å². The monoisotopic (exact) mass is 339 g/mol. The number of aromatic hydroxyl groups is 1. The fourth-order valence-electron chi connectivity index (χ4n) is 3.17. The van der Waals surface area contributed by atoms with Crippen LogP contribution in [0.25, 0.3) is 6.08 Å². The Morgan fingerprint density at radius 3 is 2.68 bits per heavy atom. The van der Waals surface area contributed by atoms with Crippen LogP contribution in [0, 0.1) is 0 Å². The number of allylic oxidation sites excluding steroid dienone is 1. The highest BCUT2D eigenvalue weighted by Crippen LogP contribution is 2.39. The van der Waals surface area contributed by atoms with E-state index >= 15 is 0 Å². The van der Waals surface area contributed by atoms with Gasteiger partial charge in [-0.05, 0) is 35.9 Å². The molecule has 0 aliphatic carbocycles. The van der Waals surface area contributed by atoms with Crippen LogP contribution in [0.2, 0.25) is 0 Å². The van der Waals surface area contributed by atoms with Crippen molar-refractivity contribution in [3.8, 4) is 11.5 Å². The third-order valence-electron chi connectivity index (χ3n) is 4.55. The SMILES string of the molecule is O=C1/C(=C/c2ccncc2)Oc2c1ccc(O)c2C[NH+]1CCOCC1. The summed E-state index contributed by atoms with van der Waals surface area (Å²) >= 11 is 0. The largest absolute Gasteiger partial charge is 0.507 e. The van der Waals surface area contributed by atoms with Gasteiger partial charge in [-0.15, -0.1) is 0 Å². The Balaban J connectivity index is 1.66. The molecule has 1 fully saturated rings. The quantitative estimate of drug-likeness (QED) is 0.810. The zero-order valence-corrected chi connectivity index (χ0v) is 13.7. The zero-order valence-electron chi connectivity index (χ0n) is 13.7. The fraction of sp³-hybridized carbons (Fsp3) is 0.263. The number of phenolic OH excluding ortho intramolecular Hbond substituents is 1. The number of nitrogens with zero attached hydrogens (tertiary/aromatic N) is 1. The van der Waals surface area contributed by atoms with E-state index in [0.717, 1.165) is 18.7 Å². The van der Waals surface area contributed by atoms with Crippen LogP contribution in [-0.4, -0.2) is 42.2 Å². The summed E-state index contributed by atoms with van der Waals surface area (Å²) < 4.78 is 11.2. The highest BCUT2D eigenvalue weighted by molar-refractivity contribution is 6.14. The van der Waals surface area contributed by atoms with Gasteiger partial charge in [0.1, 0.15) is 25.4 Å². The molecule has 128 valence electrons. The first-order valence-corrected chi connectivity index (χ1v) is 8.33. The fourth-order valence-corrected chi connectivity index (χ4v) is 3.17. The first-order chi connectivity index (χ1) is 12.2. The Bertz CT molecular complexity index is 827. The van der Waals surface area contributed by atoms with E-state index in [9.17, 15) is 9.90 Å². The highest BCUT2D eigenvalue weighted by atomic mass is 16.5. The number of pyridine rings is 1. The molecule has 6 heteroatoms. The van der Waals surface area contributed by atoms with Crippen LogP contribution in [-0.2, 0) is 11.3 Å². The Kier molecular flexibility index (Phi) is 4.21. The van der Waals surface area contributed by atoms with E-state index in [0.29, 0.717) is 36.6 Å². The van der Waals surface area contributed by atoms with Gasteiger partial charge in [0.25, 0.3) is 0 Å². The van der Waals surface area contributed by atoms with Crippen molar-refractivity contribution in [2.75, 3.05) is 26.3 Å². The summed E-state index contributed by atoms with van der Waals surface area (Å²) in [4.78, 5) is 17.9. The number of ether oxygens (including phenoxy) is 2. The lowest BCUT2D eigenvalue weighted by atomic mass is 10.0. The minimum atomic E-state index is -0.162. The maximum absolute atomic E-state index is 12.6. The van der Waals surface area contributed by atoms with Crippen LogP contribution in [0.5, 0.6) is 11.5 Å². The Morgan fingerprint density at radius 2 is 1.92 bits per heavy atom. The molecule has 0 spiro atoms. The van der Waals surface area contributed by atoms with Crippen molar-refractivity contribution in [2.24, 2.45) is 0 Å². The van der Waals surface area contributed by atoms with Crippen molar-refractivity contribution in [3.05, 3.63) is 59.1 Å². The number of nitrogens with one attached hydrogen (secondary N) is 1. The second-order valence-corrected chi connectivity index (χ2v) is 6.20. The molecule has 0 radical (unpaired) electrons. The molecule has 0 bridgehead atoms. The first kappa shape index (κ1) is 15.8. The van der Waals surface area contributed by atoms with Gasteiger partial charge < -0.3 is 19.5 Å². The normalized spacial score (nSPS) is 19.0. The highest BCUT2D eigenvalue weighted by Gasteiger charge is 2.32. The van der Waals surface area contributed by atoms with Crippen molar-refractivity contribution in [1.82, 2.24) is 4.98 Å². The van der Waals surface area contributed by atoms with Gasteiger partial charge in [-0.1, -0.05) is 0 Å². The minimum absolute atomic E-state index is 0.162. The van der Waals surface area contributed by atoms with E-state index in [1.807, 2.05) is 12.1 Å². The molecule has 0 unspecified atom stereocenters. The number of morpholine rings is 1. The van der Waals surface area contributed by atoms with Crippen molar-refractivity contribution < 1.29 is 24.3 Å². The minimum Gasteiger partial charge on any atom is -0.507 e. The van der Waals surface area contributed by atoms with Crippen molar-refractivity contribution in [2.45, 2.75) is 6.54 Å². The smallest absolute Gasteiger partial charge is 0.231 e. The summed E-state index contributed by atoms with van der Waals surface area (Å²) in [6.07, 6.45) is 5.03. The molecule has 2 aliphatic heterocycles. The second-order valence-electron chi connectivity index (χ2n) is 6.20. The molecule has 3 heterocycles. The predicted octanol–water partition coefficient (Wildman–Crippen LogP) is 0.818. The number of hydrogen-bond donors (Lipinski definition) is 2. The molecule has 1 aromatic carbocycles. The molecule has 2 N–H and O–H groups in total. The van der Waals surface area contributed by atoms with Gasteiger partial charge in [0.15, 0.2) is 11.5 Å². The van der Waals surface area contributed by atoms with Crippen LogP contribution in [0.3, 0.4) is 0 Å². The molecule has 2 aliphatic rings. The summed E-state index contributed by atoms with van der Waals surface area (Å²) in [5.74, 6) is 0.745. The van der Waals surface area contributed by atoms with Crippen LogP contribution >= 0.6 is 0 Å². The lowest BCUT2D eigenvalue weighted by Gasteiger charge is -2.24. The topological polar surface area (TPSA) is 73.1 Å². The summed E-state index contributed by atoms with van der Waals surface area (Å²) in [6, 6.07) is 6.81. The van der Waals surface area contributed by atoms with Crippen molar-refractivity contribution >= 4 is 11.9 Å². The van der Waals surface area contributed by atoms with E-state index in [1.54, 1.807) is 30.6 Å². The zero-order chi connectivity index (χ0) is 17.2. The molecular formula is C19H19N2O4+. The molecule has 25 heavy (non-hydrogen) atoms. The molecule has 0 atom stereocenters. The number of Topliss-reactive ketones (excluding diaryl/α,β-unsaturated/α-hetero) is 1. The second kappa shape index (κ2) is 6.66. The lowest BCUT2D eigenvalue weighted by molar-refractivity contribution is -0.921. The Hall–Kier alpha value is -2.70. The number of fused-ring (bicyclic) bond motifs is 1. The van der Waals surface area contributed by atoms with Crippen LogP contribution in [0.1, 0.15) is 21.5 Å². The number of phenols is 1. The van der Waals surface area contributed by atoms with E-state index in [-0.39, 0.29) is 17.3 Å². The van der Waals surface area contributed by atoms with E-state index in [4.69, 9.17) is 9.47 Å². The molecule has 1 aromatic heterocycles. The number of rotatable bonds is 3. The van der Waals surface area contributed by atoms with Crippen molar-refractivity contribution in [3.63, 3.8) is 0 Å². The third-order valence-corrected chi connectivity index (χ3v) is 4.55. The Labute approximate surface area is 145 Å². The molecule has 4 rings (SSSR count). The summed E-state index contributed by atoms with van der Waals surface area (Å²) in [6.45, 7) is 3.76. The average Bonchev–Trinajstić information content (AvgIpc) is 2.95. The van der Waals surface area contributed by atoms with Crippen molar-refractivity contribution in [1.29, 1.82) is 0 Å². The summed E-state index contributed by atoms with van der Waals surface area (Å²) in [5.41, 5.74) is 2.03. The van der Waals surface area contributed by atoms with Gasteiger partial charge in [0.05, 0.1) is 24.3 Å². The maximum atomic E-state index is 12.6. The van der Waals surface area contributed by atoms with E-state index in [2.05, 4.69) is 4.98 Å². The predicted molar refractivity (Wildman–Crippen MR) is 90.5 cm³/mol. The molecule has 0 saturated carbocycles. The number of quaternary nitrogens is 1. The number of hydrogen-bond acceptors (Lipinski definition) is 5. The third kappa shape index (κ3) is 3.14. The lowest BCUT2D eigenvalue weighted by Crippen LogP contribution is -3.12. The van der Waals surface area contributed by atoms with Crippen LogP contribution in [0.4, 0.5) is 0 Å². The Morgan fingerprint density at radius 1 is 1.16 bits per heavy atom. The van der Waals surface area contributed by atoms with Gasteiger partial charge in [-0.3, -0.25) is 9.78 Å². The van der Waals surface area contributed by atoms with Gasteiger partial charge in [0, 0.05) is 12.4 Å². The molecule has 1 saturated heterocycles. The average molecular weight is 339 g/mol. The van der Waals surface area contributed by atoms with Gasteiger partial charge in [-0.2, -0.15) is 0 Å². The first-order valence-electron chi connectivity index (χ1n) is 8.33. The number of aromatic nitrogens is 1. The van der Waals surface area contributed by atoms with Gasteiger partial charge >= 0.3 is 0 Å². The molecule has 6 nitrogen and oxygen atoms in total. The van der Waals surface area contributed by atoms with E-state index in [1.165, 1.54) is 4.90 Å². The maximum Gasteiger partial charge on any atom is 0.231 e. The van der Waals surface area contributed by atoms with E-state index < -0.39 is 0 Å².